The Kier molecular flexibility index (Phi) is 6.34. The van der Waals surface area contributed by atoms with Crippen LogP contribution in [0.15, 0.2) is 12.7 Å². The van der Waals surface area contributed by atoms with Crippen molar-refractivity contribution in [1.29, 1.82) is 0 Å². The van der Waals surface area contributed by atoms with Crippen LogP contribution >= 0.6 is 0 Å². The number of ether oxygens (including phenoxy) is 1. The van der Waals surface area contributed by atoms with Crippen LogP contribution in [0.1, 0.15) is 6.42 Å². The van der Waals surface area contributed by atoms with Crippen molar-refractivity contribution in [2.75, 3.05) is 13.7 Å². The zero-order chi connectivity index (χ0) is 12.6. The van der Waals surface area contributed by atoms with Crippen LogP contribution in [0.25, 0.3) is 0 Å². The Labute approximate surface area is 92.5 Å². The molecule has 0 aliphatic carbocycles. The predicted molar refractivity (Wildman–Crippen MR) is 54.8 cm³/mol. The van der Waals surface area contributed by atoms with Gasteiger partial charge in [0.25, 0.3) is 0 Å². The molecular formula is C9H14N2O5. The number of amides is 2. The number of hydrogen-bond acceptors (Lipinski definition) is 4. The van der Waals surface area contributed by atoms with Crippen LogP contribution in [0.2, 0.25) is 0 Å². The number of esters is 1. The summed E-state index contributed by atoms with van der Waals surface area (Å²) < 4.78 is 4.30. The summed E-state index contributed by atoms with van der Waals surface area (Å²) in [5.41, 5.74) is 0. The fourth-order valence-corrected chi connectivity index (χ4v) is 0.824. The standard InChI is InChI=1S/C9H14N2O5/c1-3-4-10-9(15)11-6(8(13)14)5-7(12)16-2/h3,6H,1,4-5H2,2H3,(H,13,14)(H2,10,11,15)/t6-/m0/s1. The van der Waals surface area contributed by atoms with Crippen molar-refractivity contribution in [2.24, 2.45) is 0 Å². The Hall–Kier alpha value is -2.05. The first-order valence-electron chi connectivity index (χ1n) is 4.46. The second kappa shape index (κ2) is 7.27. The molecule has 7 heteroatoms. The zero-order valence-corrected chi connectivity index (χ0v) is 8.86. The average molecular weight is 230 g/mol. The summed E-state index contributed by atoms with van der Waals surface area (Å²) in [7, 11) is 1.14. The van der Waals surface area contributed by atoms with E-state index in [1.807, 2.05) is 0 Å². The molecule has 0 saturated carbocycles. The molecule has 0 radical (unpaired) electrons. The number of hydrogen-bond donors (Lipinski definition) is 3. The van der Waals surface area contributed by atoms with E-state index in [4.69, 9.17) is 5.11 Å². The van der Waals surface area contributed by atoms with E-state index in [1.165, 1.54) is 6.08 Å². The van der Waals surface area contributed by atoms with Gasteiger partial charge in [-0.1, -0.05) is 6.08 Å². The van der Waals surface area contributed by atoms with Gasteiger partial charge in [-0.2, -0.15) is 0 Å². The minimum absolute atomic E-state index is 0.205. The lowest BCUT2D eigenvalue weighted by Crippen LogP contribution is -2.47. The first-order valence-corrected chi connectivity index (χ1v) is 4.46. The van der Waals surface area contributed by atoms with E-state index in [2.05, 4.69) is 21.9 Å². The molecule has 0 aromatic carbocycles. The Bertz CT molecular complexity index is 290. The fraction of sp³-hybridized carbons (Fsp3) is 0.444. The number of rotatable bonds is 6. The topological polar surface area (TPSA) is 105 Å². The summed E-state index contributed by atoms with van der Waals surface area (Å²) in [5, 5.41) is 13.2. The molecular weight excluding hydrogens is 216 g/mol. The fourth-order valence-electron chi connectivity index (χ4n) is 0.824. The summed E-state index contributed by atoms with van der Waals surface area (Å²) in [5.74, 6) is -2.02. The normalized spacial score (nSPS) is 11.1. The van der Waals surface area contributed by atoms with Gasteiger partial charge < -0.3 is 20.5 Å². The largest absolute Gasteiger partial charge is 0.480 e. The number of nitrogens with one attached hydrogen (secondary N) is 2. The highest BCUT2D eigenvalue weighted by Gasteiger charge is 2.23. The van der Waals surface area contributed by atoms with Crippen LogP contribution in [-0.2, 0) is 14.3 Å². The van der Waals surface area contributed by atoms with Gasteiger partial charge in [-0.15, -0.1) is 6.58 Å². The van der Waals surface area contributed by atoms with E-state index in [9.17, 15) is 14.4 Å². The molecule has 0 bridgehead atoms. The van der Waals surface area contributed by atoms with E-state index < -0.39 is 30.4 Å². The van der Waals surface area contributed by atoms with Crippen molar-refractivity contribution in [3.8, 4) is 0 Å². The summed E-state index contributed by atoms with van der Waals surface area (Å²) in [4.78, 5) is 32.6. The second-order valence-electron chi connectivity index (χ2n) is 2.81. The van der Waals surface area contributed by atoms with Crippen molar-refractivity contribution in [2.45, 2.75) is 12.5 Å². The van der Waals surface area contributed by atoms with Crippen LogP contribution in [-0.4, -0.2) is 42.8 Å². The molecule has 2 amide bonds. The van der Waals surface area contributed by atoms with Gasteiger partial charge in [0, 0.05) is 6.54 Å². The Morgan fingerprint density at radius 1 is 1.50 bits per heavy atom. The second-order valence-corrected chi connectivity index (χ2v) is 2.81. The Balaban J connectivity index is 4.22. The number of carboxylic acids is 1. The first kappa shape index (κ1) is 13.9. The van der Waals surface area contributed by atoms with E-state index in [0.29, 0.717) is 0 Å². The van der Waals surface area contributed by atoms with Gasteiger partial charge in [-0.25, -0.2) is 9.59 Å². The van der Waals surface area contributed by atoms with Gasteiger partial charge in [-0.05, 0) is 0 Å². The van der Waals surface area contributed by atoms with Gasteiger partial charge in [0.1, 0.15) is 6.04 Å². The summed E-state index contributed by atoms with van der Waals surface area (Å²) >= 11 is 0. The van der Waals surface area contributed by atoms with Crippen molar-refractivity contribution in [3.63, 3.8) is 0 Å². The number of carbonyl (C=O) groups excluding carboxylic acids is 2. The predicted octanol–water partition coefficient (Wildman–Crippen LogP) is -0.512. The highest BCUT2D eigenvalue weighted by molar-refractivity contribution is 5.86. The molecule has 3 N–H and O–H groups in total. The summed E-state index contributed by atoms with van der Waals surface area (Å²) in [6.45, 7) is 3.58. The van der Waals surface area contributed by atoms with E-state index in [1.54, 1.807) is 0 Å². The summed E-state index contributed by atoms with van der Waals surface area (Å²) in [6, 6.07) is -1.99. The molecule has 0 aromatic heterocycles. The Morgan fingerprint density at radius 3 is 2.56 bits per heavy atom. The Morgan fingerprint density at radius 2 is 2.12 bits per heavy atom. The third-order valence-electron chi connectivity index (χ3n) is 1.61. The average Bonchev–Trinajstić information content (AvgIpc) is 2.24. The number of urea groups is 1. The molecule has 16 heavy (non-hydrogen) atoms. The molecule has 7 nitrogen and oxygen atoms in total. The van der Waals surface area contributed by atoms with E-state index in [-0.39, 0.29) is 6.54 Å². The number of methoxy groups -OCH3 is 1. The molecule has 0 aliphatic rings. The van der Waals surface area contributed by atoms with Gasteiger partial charge in [0.15, 0.2) is 0 Å². The lowest BCUT2D eigenvalue weighted by Gasteiger charge is -2.13. The third-order valence-corrected chi connectivity index (χ3v) is 1.61. The maximum absolute atomic E-state index is 11.1. The van der Waals surface area contributed by atoms with Crippen LogP contribution < -0.4 is 10.6 Å². The first-order chi connectivity index (χ1) is 7.51. The number of aliphatic carboxylic acids is 1. The molecule has 0 unspecified atom stereocenters. The molecule has 0 spiro atoms. The van der Waals surface area contributed by atoms with Crippen molar-refractivity contribution < 1.29 is 24.2 Å². The van der Waals surface area contributed by atoms with Crippen molar-refractivity contribution >= 4 is 18.0 Å². The molecule has 0 fully saturated rings. The van der Waals surface area contributed by atoms with Crippen molar-refractivity contribution in [1.82, 2.24) is 10.6 Å². The third kappa shape index (κ3) is 5.63. The molecule has 0 saturated heterocycles. The van der Waals surface area contributed by atoms with Crippen LogP contribution in [0.5, 0.6) is 0 Å². The lowest BCUT2D eigenvalue weighted by molar-refractivity contribution is -0.147. The highest BCUT2D eigenvalue weighted by Crippen LogP contribution is 1.94. The highest BCUT2D eigenvalue weighted by atomic mass is 16.5. The van der Waals surface area contributed by atoms with Crippen LogP contribution in [0.3, 0.4) is 0 Å². The molecule has 0 aromatic rings. The summed E-state index contributed by atoms with van der Waals surface area (Å²) in [6.07, 6.45) is 1.02. The van der Waals surface area contributed by atoms with Gasteiger partial charge >= 0.3 is 18.0 Å². The SMILES string of the molecule is C=CCNC(=O)N[C@@H](CC(=O)OC)C(=O)O. The minimum atomic E-state index is -1.31. The monoisotopic (exact) mass is 230 g/mol. The number of carboxylic acid groups (broad SMARTS) is 1. The van der Waals surface area contributed by atoms with Gasteiger partial charge in [0.2, 0.25) is 0 Å². The van der Waals surface area contributed by atoms with E-state index in [0.717, 1.165) is 7.11 Å². The van der Waals surface area contributed by atoms with Gasteiger partial charge in [0.05, 0.1) is 13.5 Å². The number of carbonyl (C=O) groups is 3. The lowest BCUT2D eigenvalue weighted by atomic mass is 10.2. The van der Waals surface area contributed by atoms with Crippen LogP contribution in [0, 0.1) is 0 Å². The smallest absolute Gasteiger partial charge is 0.326 e. The van der Waals surface area contributed by atoms with Crippen LogP contribution in [0.4, 0.5) is 4.79 Å². The maximum Gasteiger partial charge on any atom is 0.326 e. The maximum atomic E-state index is 11.1. The van der Waals surface area contributed by atoms with Crippen molar-refractivity contribution in [3.05, 3.63) is 12.7 Å². The minimum Gasteiger partial charge on any atom is -0.480 e. The molecule has 0 heterocycles. The quantitative estimate of drug-likeness (QED) is 0.421. The zero-order valence-electron chi connectivity index (χ0n) is 8.86. The molecule has 0 aliphatic heterocycles. The molecule has 0 rings (SSSR count). The molecule has 1 atom stereocenters. The van der Waals surface area contributed by atoms with Gasteiger partial charge in [-0.3, -0.25) is 4.79 Å². The molecule has 90 valence electrons. The van der Waals surface area contributed by atoms with E-state index >= 15 is 0 Å².